The van der Waals surface area contributed by atoms with Gasteiger partial charge in [0, 0.05) is 11.8 Å². The fraction of sp³-hybridized carbons (Fsp3) is 0.125. The maximum absolute atomic E-state index is 11.6. The third-order valence-electron chi connectivity index (χ3n) is 3.28. The molecule has 1 heterocycles. The lowest BCUT2D eigenvalue weighted by molar-refractivity contribution is 0.0601. The number of aromatic amines is 1. The fourth-order valence-electron chi connectivity index (χ4n) is 2.31. The van der Waals surface area contributed by atoms with Crippen LogP contribution in [0.3, 0.4) is 0 Å². The molecule has 3 aromatic rings. The first-order valence-corrected chi connectivity index (χ1v) is 6.32. The minimum Gasteiger partial charge on any atom is -0.465 e. The molecule has 1 aromatic heterocycles. The van der Waals surface area contributed by atoms with E-state index in [0.29, 0.717) is 5.56 Å². The van der Waals surface area contributed by atoms with Gasteiger partial charge in [-0.15, -0.1) is 0 Å². The smallest absolute Gasteiger partial charge is 0.337 e. The van der Waals surface area contributed by atoms with Gasteiger partial charge in [-0.1, -0.05) is 24.3 Å². The number of hydrogen-bond acceptors (Lipinski definition) is 3. The van der Waals surface area contributed by atoms with Gasteiger partial charge in [0.2, 0.25) is 0 Å². The second-order valence-electron chi connectivity index (χ2n) is 4.60. The van der Waals surface area contributed by atoms with E-state index in [4.69, 9.17) is 4.74 Å². The zero-order valence-corrected chi connectivity index (χ0v) is 11.3. The van der Waals surface area contributed by atoms with Crippen LogP contribution in [0.4, 0.5) is 0 Å². The molecule has 0 atom stereocenters. The van der Waals surface area contributed by atoms with Crippen LogP contribution in [-0.4, -0.2) is 23.0 Å². The minimum absolute atomic E-state index is 0.326. The van der Waals surface area contributed by atoms with Crippen molar-refractivity contribution in [2.75, 3.05) is 7.11 Å². The highest BCUT2D eigenvalue weighted by Crippen LogP contribution is 2.28. The summed E-state index contributed by atoms with van der Waals surface area (Å²) in [5.74, 6) is 0.552. The Balaban J connectivity index is 2.18. The van der Waals surface area contributed by atoms with E-state index >= 15 is 0 Å². The predicted molar refractivity (Wildman–Crippen MR) is 77.6 cm³/mol. The van der Waals surface area contributed by atoms with E-state index in [1.54, 1.807) is 6.07 Å². The van der Waals surface area contributed by atoms with Gasteiger partial charge >= 0.3 is 5.97 Å². The molecule has 0 spiro atoms. The Kier molecular flexibility index (Phi) is 2.99. The summed E-state index contributed by atoms with van der Waals surface area (Å²) in [6, 6.07) is 11.5. The SMILES string of the molecule is COC(=O)c1ccc2c(-c3c[nH]c(C)n3)cccc2c1. The molecule has 3 rings (SSSR count). The summed E-state index contributed by atoms with van der Waals surface area (Å²) in [7, 11) is 1.38. The average molecular weight is 266 g/mol. The average Bonchev–Trinajstić information content (AvgIpc) is 2.91. The first-order chi connectivity index (χ1) is 9.69. The van der Waals surface area contributed by atoms with Crippen LogP contribution >= 0.6 is 0 Å². The number of carbonyl (C=O) groups is 1. The highest BCUT2D eigenvalue weighted by molar-refractivity contribution is 6.00. The minimum atomic E-state index is -0.326. The molecule has 0 aliphatic heterocycles. The molecule has 0 unspecified atom stereocenters. The van der Waals surface area contributed by atoms with Gasteiger partial charge in [-0.2, -0.15) is 0 Å². The Morgan fingerprint density at radius 3 is 2.80 bits per heavy atom. The van der Waals surface area contributed by atoms with Gasteiger partial charge in [0.05, 0.1) is 18.4 Å². The molecule has 0 saturated heterocycles. The zero-order chi connectivity index (χ0) is 14.1. The van der Waals surface area contributed by atoms with E-state index < -0.39 is 0 Å². The van der Waals surface area contributed by atoms with Crippen LogP contribution in [0.1, 0.15) is 16.2 Å². The van der Waals surface area contributed by atoms with Gasteiger partial charge in [0.25, 0.3) is 0 Å². The number of carbonyl (C=O) groups excluding carboxylic acids is 1. The van der Waals surface area contributed by atoms with Gasteiger partial charge in [-0.3, -0.25) is 0 Å². The van der Waals surface area contributed by atoms with Crippen LogP contribution < -0.4 is 0 Å². The number of methoxy groups -OCH3 is 1. The number of imidazole rings is 1. The van der Waals surface area contributed by atoms with Gasteiger partial charge in [-0.25, -0.2) is 9.78 Å². The highest BCUT2D eigenvalue weighted by Gasteiger charge is 2.10. The van der Waals surface area contributed by atoms with Crippen LogP contribution in [-0.2, 0) is 4.74 Å². The quantitative estimate of drug-likeness (QED) is 0.724. The molecule has 0 saturated carbocycles. The number of aromatic nitrogens is 2. The van der Waals surface area contributed by atoms with Crippen molar-refractivity contribution in [2.24, 2.45) is 0 Å². The third-order valence-corrected chi connectivity index (χ3v) is 3.28. The van der Waals surface area contributed by atoms with Crippen LogP contribution in [0.15, 0.2) is 42.6 Å². The molecule has 20 heavy (non-hydrogen) atoms. The molecule has 0 aliphatic carbocycles. The van der Waals surface area contributed by atoms with Crippen molar-refractivity contribution in [1.82, 2.24) is 9.97 Å². The number of fused-ring (bicyclic) bond motifs is 1. The molecule has 100 valence electrons. The van der Waals surface area contributed by atoms with Crippen LogP contribution in [0.25, 0.3) is 22.0 Å². The number of rotatable bonds is 2. The largest absolute Gasteiger partial charge is 0.465 e. The molecule has 0 aliphatic rings. The Hall–Kier alpha value is -2.62. The van der Waals surface area contributed by atoms with Crippen molar-refractivity contribution < 1.29 is 9.53 Å². The van der Waals surface area contributed by atoms with E-state index in [1.807, 2.05) is 43.5 Å². The second-order valence-corrected chi connectivity index (χ2v) is 4.60. The molecule has 2 aromatic carbocycles. The van der Waals surface area contributed by atoms with Crippen molar-refractivity contribution >= 4 is 16.7 Å². The first-order valence-electron chi connectivity index (χ1n) is 6.32. The maximum atomic E-state index is 11.6. The number of ether oxygens (including phenoxy) is 1. The molecule has 0 fully saturated rings. The molecule has 1 N–H and O–H groups in total. The van der Waals surface area contributed by atoms with Gasteiger partial charge in [0.15, 0.2) is 0 Å². The molecular weight excluding hydrogens is 252 g/mol. The Morgan fingerprint density at radius 2 is 2.10 bits per heavy atom. The monoisotopic (exact) mass is 266 g/mol. The Labute approximate surface area is 116 Å². The Bertz CT molecular complexity index is 790. The number of hydrogen-bond donors (Lipinski definition) is 1. The van der Waals surface area contributed by atoms with Gasteiger partial charge in [0.1, 0.15) is 5.82 Å². The van der Waals surface area contributed by atoms with Gasteiger partial charge < -0.3 is 9.72 Å². The van der Waals surface area contributed by atoms with E-state index in [2.05, 4.69) is 9.97 Å². The number of esters is 1. The summed E-state index contributed by atoms with van der Waals surface area (Å²) in [5.41, 5.74) is 2.50. The van der Waals surface area contributed by atoms with Crippen LogP contribution in [0.2, 0.25) is 0 Å². The normalized spacial score (nSPS) is 10.7. The van der Waals surface area contributed by atoms with Crippen molar-refractivity contribution in [1.29, 1.82) is 0 Å². The van der Waals surface area contributed by atoms with Crippen molar-refractivity contribution in [3.8, 4) is 11.3 Å². The molecule has 4 heteroatoms. The van der Waals surface area contributed by atoms with Crippen molar-refractivity contribution in [3.05, 3.63) is 54.0 Å². The van der Waals surface area contributed by atoms with E-state index in [0.717, 1.165) is 27.9 Å². The van der Waals surface area contributed by atoms with Crippen LogP contribution in [0, 0.1) is 6.92 Å². The number of aryl methyl sites for hydroxylation is 1. The standard InChI is InChI=1S/C16H14N2O2/c1-10-17-9-15(18-10)14-5-3-4-11-8-12(16(19)20-2)6-7-13(11)14/h3-9H,1-2H3,(H,17,18). The van der Waals surface area contributed by atoms with E-state index in [-0.39, 0.29) is 5.97 Å². The lowest BCUT2D eigenvalue weighted by Crippen LogP contribution is -2.00. The molecule has 0 amide bonds. The number of nitrogens with zero attached hydrogens (tertiary/aromatic N) is 1. The summed E-state index contributed by atoms with van der Waals surface area (Å²) in [6.07, 6.45) is 1.89. The summed E-state index contributed by atoms with van der Waals surface area (Å²) in [5, 5.41) is 2.05. The number of H-pyrrole nitrogens is 1. The summed E-state index contributed by atoms with van der Waals surface area (Å²) in [6.45, 7) is 1.92. The zero-order valence-electron chi connectivity index (χ0n) is 11.3. The van der Waals surface area contributed by atoms with E-state index in [9.17, 15) is 4.79 Å². The summed E-state index contributed by atoms with van der Waals surface area (Å²) < 4.78 is 4.75. The molecule has 0 radical (unpaired) electrons. The molecule has 0 bridgehead atoms. The second kappa shape index (κ2) is 4.81. The predicted octanol–water partition coefficient (Wildman–Crippen LogP) is 3.32. The Morgan fingerprint density at radius 1 is 1.25 bits per heavy atom. The lowest BCUT2D eigenvalue weighted by atomic mass is 10.0. The van der Waals surface area contributed by atoms with Crippen molar-refractivity contribution in [2.45, 2.75) is 6.92 Å². The molecular formula is C16H14N2O2. The van der Waals surface area contributed by atoms with E-state index in [1.165, 1.54) is 7.11 Å². The fourth-order valence-corrected chi connectivity index (χ4v) is 2.31. The van der Waals surface area contributed by atoms with Crippen molar-refractivity contribution in [3.63, 3.8) is 0 Å². The molecule has 4 nitrogen and oxygen atoms in total. The highest BCUT2D eigenvalue weighted by atomic mass is 16.5. The number of benzene rings is 2. The van der Waals surface area contributed by atoms with Gasteiger partial charge in [-0.05, 0) is 29.8 Å². The summed E-state index contributed by atoms with van der Waals surface area (Å²) >= 11 is 0. The first kappa shape index (κ1) is 12.4. The maximum Gasteiger partial charge on any atom is 0.337 e. The van der Waals surface area contributed by atoms with Crippen LogP contribution in [0.5, 0.6) is 0 Å². The topological polar surface area (TPSA) is 55.0 Å². The summed E-state index contributed by atoms with van der Waals surface area (Å²) in [4.78, 5) is 19.1. The lowest BCUT2D eigenvalue weighted by Gasteiger charge is -2.06. The number of nitrogens with one attached hydrogen (secondary N) is 1. The third kappa shape index (κ3) is 2.05.